The lowest BCUT2D eigenvalue weighted by atomic mass is 10.1. The molecule has 10 rings (SSSR count). The number of carbonyl (C=O) groups excluding carboxylic acids is 4. The molecule has 8 atom stereocenters. The first-order chi connectivity index (χ1) is 35.7. The number of benzene rings is 4. The third kappa shape index (κ3) is 11.9. The number of aliphatic hydroxyl groups excluding tert-OH is 4. The van der Waals surface area contributed by atoms with Crippen LogP contribution >= 0.6 is 0 Å². The molecule has 20 heteroatoms. The summed E-state index contributed by atoms with van der Waals surface area (Å²) < 4.78 is 52.3. The highest BCUT2D eigenvalue weighted by atomic mass is 19.1. The lowest BCUT2D eigenvalue weighted by Crippen LogP contribution is -2.43. The molecule has 4 aliphatic carbocycles. The first-order valence-electron chi connectivity index (χ1n) is 24.9. The summed E-state index contributed by atoms with van der Waals surface area (Å²) in [6, 6.07) is 20.6. The van der Waals surface area contributed by atoms with Gasteiger partial charge in [-0.3, -0.25) is 19.2 Å². The maximum atomic E-state index is 14.8. The van der Waals surface area contributed by atoms with Gasteiger partial charge in [0.05, 0.1) is 35.4 Å². The molecule has 388 valence electrons. The predicted molar refractivity (Wildman–Crippen MR) is 259 cm³/mol. The van der Waals surface area contributed by atoms with Crippen molar-refractivity contribution >= 4 is 23.4 Å². The minimum absolute atomic E-state index is 0.141. The quantitative estimate of drug-likeness (QED) is 0.0464. The number of ketones is 2. The topological polar surface area (TPSA) is 270 Å². The van der Waals surface area contributed by atoms with Crippen molar-refractivity contribution in [3.63, 3.8) is 0 Å². The van der Waals surface area contributed by atoms with E-state index in [4.69, 9.17) is 18.5 Å². The molecule has 0 bridgehead atoms. The summed E-state index contributed by atoms with van der Waals surface area (Å²) in [5.74, 6) is -0.484. The largest absolute Gasteiger partial charge is 0.481 e. The van der Waals surface area contributed by atoms with Gasteiger partial charge in [-0.05, 0) is 137 Å². The predicted octanol–water partition coefficient (Wildman–Crippen LogP) is 7.23. The van der Waals surface area contributed by atoms with E-state index < -0.39 is 72.2 Å². The number of ether oxygens (including phenoxy) is 2. The molecule has 2 amide bonds. The monoisotopic (exact) mass is 1020 g/mol. The average Bonchev–Trinajstić information content (AvgIpc) is 4.29. The van der Waals surface area contributed by atoms with Crippen LogP contribution in [0.3, 0.4) is 0 Å². The maximum Gasteiger partial charge on any atom is 0.268 e. The number of hydrogen-bond donors (Lipinski definition) is 6. The van der Waals surface area contributed by atoms with Crippen LogP contribution in [-0.2, 0) is 0 Å². The molecule has 4 fully saturated rings. The third-order valence-corrected chi connectivity index (χ3v) is 13.6. The van der Waals surface area contributed by atoms with E-state index in [0.717, 1.165) is 37.8 Å². The van der Waals surface area contributed by atoms with Gasteiger partial charge in [0, 0.05) is 34.1 Å². The van der Waals surface area contributed by atoms with Gasteiger partial charge < -0.3 is 49.6 Å². The first-order valence-corrected chi connectivity index (χ1v) is 24.9. The van der Waals surface area contributed by atoms with Gasteiger partial charge in [-0.2, -0.15) is 9.97 Å². The van der Waals surface area contributed by atoms with E-state index in [1.54, 1.807) is 48.5 Å². The van der Waals surface area contributed by atoms with Crippen molar-refractivity contribution in [2.24, 2.45) is 11.8 Å². The summed E-state index contributed by atoms with van der Waals surface area (Å²) >= 11 is 0. The molecular weight excluding hydrogens is 963 g/mol. The number of halogens is 2. The van der Waals surface area contributed by atoms with Crippen LogP contribution in [0.25, 0.3) is 22.8 Å². The van der Waals surface area contributed by atoms with E-state index in [1.165, 1.54) is 24.3 Å². The molecule has 6 N–H and O–H groups in total. The summed E-state index contributed by atoms with van der Waals surface area (Å²) in [6.07, 6.45) is 1.31. The molecule has 0 aliphatic heterocycles. The van der Waals surface area contributed by atoms with Crippen molar-refractivity contribution < 1.29 is 66.9 Å². The standard InChI is InChI=1S/2C27H28FN3O6/c2*1-2-22(36-17-8-5-15(6-9-17)23(33)14-3-4-14)27-30-25(31-37-27)16-7-10-18(19(28)13-16)26(35)29-20-11-12-21(32)24(20)34/h2*5-10,13-14,20-22,24,32,34H,2-4,11-12H2,1H3,(H,29,35)/t20-,21-,22+,24+;20-,21-,22-,24+/m01/s1. The van der Waals surface area contributed by atoms with Gasteiger partial charge in [-0.25, -0.2) is 8.78 Å². The normalized spacial score (nSPS) is 22.0. The minimum Gasteiger partial charge on any atom is -0.481 e. The second-order valence-electron chi connectivity index (χ2n) is 19.1. The number of nitrogens with one attached hydrogen (secondary N) is 2. The Balaban J connectivity index is 0.000000182. The Morgan fingerprint density at radius 2 is 0.946 bits per heavy atom. The summed E-state index contributed by atoms with van der Waals surface area (Å²) in [4.78, 5) is 58.1. The Labute approximate surface area is 423 Å². The highest BCUT2D eigenvalue weighted by molar-refractivity contribution is 6.00. The van der Waals surface area contributed by atoms with E-state index in [0.29, 0.717) is 72.3 Å². The van der Waals surface area contributed by atoms with Crippen LogP contribution < -0.4 is 20.1 Å². The fourth-order valence-electron chi connectivity index (χ4n) is 8.87. The van der Waals surface area contributed by atoms with Gasteiger partial charge in [0.1, 0.15) is 35.3 Å². The van der Waals surface area contributed by atoms with Crippen LogP contribution in [0, 0.1) is 23.5 Å². The minimum atomic E-state index is -1.08. The summed E-state index contributed by atoms with van der Waals surface area (Å²) in [6.45, 7) is 3.79. The average molecular weight is 1020 g/mol. The van der Waals surface area contributed by atoms with Crippen molar-refractivity contribution in [3.05, 3.63) is 131 Å². The molecule has 0 unspecified atom stereocenters. The number of aromatic nitrogens is 4. The Bertz CT molecular complexity index is 2780. The zero-order valence-electron chi connectivity index (χ0n) is 40.5. The Kier molecular flexibility index (Phi) is 15.7. The second kappa shape index (κ2) is 22.5. The molecule has 4 aromatic carbocycles. The van der Waals surface area contributed by atoms with Crippen molar-refractivity contribution in [2.45, 2.75) is 127 Å². The number of carbonyl (C=O) groups is 4. The molecule has 0 saturated heterocycles. The van der Waals surface area contributed by atoms with Gasteiger partial charge in [0.25, 0.3) is 23.6 Å². The Hall–Kier alpha value is -7.26. The van der Waals surface area contributed by atoms with Crippen LogP contribution in [0.5, 0.6) is 11.5 Å². The van der Waals surface area contributed by atoms with Gasteiger partial charge in [-0.15, -0.1) is 0 Å². The Morgan fingerprint density at radius 1 is 0.568 bits per heavy atom. The molecule has 2 aromatic heterocycles. The first kappa shape index (κ1) is 51.6. The number of hydrogen-bond acceptors (Lipinski definition) is 16. The van der Waals surface area contributed by atoms with E-state index in [-0.39, 0.29) is 58.0 Å². The SMILES string of the molecule is CC[C@@H](Oc1ccc(C(=O)C2CC2)cc1)c1nc(-c2ccc(C(=O)N[C@@H]3CC[C@@H](O)[C@H]3O)c(F)c2)no1.CC[C@@H](Oc1ccc(C(=O)C2CC2)cc1)c1nc(-c2ccc(C(=O)N[C@H]3CC[C@H](O)[C@@H]3O)c(F)c2)no1. The highest BCUT2D eigenvalue weighted by Gasteiger charge is 2.37. The lowest BCUT2D eigenvalue weighted by molar-refractivity contribution is 0.0295. The molecule has 0 spiro atoms. The van der Waals surface area contributed by atoms with Crippen molar-refractivity contribution in [1.29, 1.82) is 0 Å². The fraction of sp³-hybridized carbons (Fsp3) is 0.407. The summed E-state index contributed by atoms with van der Waals surface area (Å²) in [5.41, 5.74) is 1.58. The molecule has 0 radical (unpaired) electrons. The number of rotatable bonds is 18. The molecular formula is C54H56F2N6O12. The van der Waals surface area contributed by atoms with Crippen LogP contribution in [0.15, 0.2) is 94.0 Å². The van der Waals surface area contributed by atoms with E-state index in [2.05, 4.69) is 30.9 Å². The van der Waals surface area contributed by atoms with Crippen LogP contribution in [0.4, 0.5) is 8.78 Å². The summed E-state index contributed by atoms with van der Waals surface area (Å²) in [5, 5.41) is 52.1. The number of amides is 2. The molecule has 6 aromatic rings. The van der Waals surface area contributed by atoms with Crippen molar-refractivity contribution in [2.75, 3.05) is 0 Å². The number of Topliss-reactive ketones (excluding diaryl/α,β-unsaturated/α-hetero) is 2. The molecule has 4 aliphatic rings. The zero-order valence-corrected chi connectivity index (χ0v) is 40.5. The van der Waals surface area contributed by atoms with Gasteiger partial charge in [-0.1, -0.05) is 36.3 Å². The second-order valence-corrected chi connectivity index (χ2v) is 19.1. The smallest absolute Gasteiger partial charge is 0.268 e. The molecule has 2 heterocycles. The van der Waals surface area contributed by atoms with E-state index in [1.807, 2.05) is 13.8 Å². The van der Waals surface area contributed by atoms with E-state index in [9.17, 15) is 48.4 Å². The highest BCUT2D eigenvalue weighted by Crippen LogP contribution is 2.35. The summed E-state index contributed by atoms with van der Waals surface area (Å²) in [7, 11) is 0. The van der Waals surface area contributed by atoms with E-state index >= 15 is 0 Å². The third-order valence-electron chi connectivity index (χ3n) is 13.6. The molecule has 74 heavy (non-hydrogen) atoms. The zero-order chi connectivity index (χ0) is 52.2. The lowest BCUT2D eigenvalue weighted by Gasteiger charge is -2.18. The maximum absolute atomic E-state index is 14.8. The van der Waals surface area contributed by atoms with Crippen molar-refractivity contribution in [3.8, 4) is 34.3 Å². The van der Waals surface area contributed by atoms with Crippen LogP contribution in [0.1, 0.15) is 143 Å². The number of nitrogens with zero attached hydrogens (tertiary/aromatic N) is 4. The van der Waals surface area contributed by atoms with Crippen LogP contribution in [-0.4, -0.2) is 101 Å². The Morgan fingerprint density at radius 3 is 1.26 bits per heavy atom. The number of aliphatic hydroxyl groups is 4. The van der Waals surface area contributed by atoms with Gasteiger partial charge in [0.2, 0.25) is 11.6 Å². The molecule has 18 nitrogen and oxygen atoms in total. The van der Waals surface area contributed by atoms with Crippen molar-refractivity contribution in [1.82, 2.24) is 30.9 Å². The van der Waals surface area contributed by atoms with Gasteiger partial charge in [0.15, 0.2) is 23.8 Å². The fourth-order valence-corrected chi connectivity index (χ4v) is 8.87. The van der Waals surface area contributed by atoms with Crippen LogP contribution in [0.2, 0.25) is 0 Å². The molecule has 4 saturated carbocycles. The van der Waals surface area contributed by atoms with Gasteiger partial charge >= 0.3 is 0 Å².